The predicted octanol–water partition coefficient (Wildman–Crippen LogP) is 4.58. The minimum Gasteiger partial charge on any atom is -0.469 e. The van der Waals surface area contributed by atoms with Gasteiger partial charge in [-0.25, -0.2) is 4.98 Å². The Morgan fingerprint density at radius 3 is 2.59 bits per heavy atom. The summed E-state index contributed by atoms with van der Waals surface area (Å²) in [5, 5.41) is 0. The number of nitrogens with zero attached hydrogens (tertiary/aromatic N) is 2. The van der Waals surface area contributed by atoms with Crippen molar-refractivity contribution in [1.29, 1.82) is 0 Å². The fraction of sp³-hybridized carbons (Fsp3) is 0.250. The first-order valence-corrected chi connectivity index (χ1v) is 9.93. The van der Waals surface area contributed by atoms with Crippen LogP contribution in [0.1, 0.15) is 23.4 Å². The van der Waals surface area contributed by atoms with Crippen LogP contribution in [0.2, 0.25) is 0 Å². The third-order valence-corrected chi connectivity index (χ3v) is 5.13. The van der Waals surface area contributed by atoms with Gasteiger partial charge >= 0.3 is 12.3 Å². The van der Waals surface area contributed by atoms with Crippen molar-refractivity contribution in [3.63, 3.8) is 0 Å². The van der Waals surface area contributed by atoms with Crippen LogP contribution in [0.25, 0.3) is 11.3 Å². The molecule has 4 rings (SSSR count). The summed E-state index contributed by atoms with van der Waals surface area (Å²) in [6.45, 7) is 0.551. The average molecular weight is 440 g/mol. The van der Waals surface area contributed by atoms with Gasteiger partial charge < -0.3 is 14.0 Å². The van der Waals surface area contributed by atoms with Gasteiger partial charge in [-0.05, 0) is 36.8 Å². The molecule has 32 heavy (non-hydrogen) atoms. The van der Waals surface area contributed by atoms with Crippen LogP contribution in [-0.2, 0) is 22.5 Å². The average Bonchev–Trinajstić information content (AvgIpc) is 3.20. The number of alkyl halides is 3. The maximum atomic E-state index is 12.4. The molecule has 0 bridgehead atoms. The molecule has 0 fully saturated rings. The summed E-state index contributed by atoms with van der Waals surface area (Å²) >= 11 is 0. The first-order chi connectivity index (χ1) is 15.3. The van der Waals surface area contributed by atoms with Gasteiger partial charge in [0.25, 0.3) is 0 Å². The molecule has 1 unspecified atom stereocenters. The highest BCUT2D eigenvalue weighted by molar-refractivity contribution is 5.72. The molecule has 1 aliphatic rings. The number of rotatable bonds is 3. The van der Waals surface area contributed by atoms with Gasteiger partial charge in [0.2, 0.25) is 0 Å². The third-order valence-electron chi connectivity index (χ3n) is 5.13. The maximum Gasteiger partial charge on any atom is 0.573 e. The lowest BCUT2D eigenvalue weighted by molar-refractivity contribution is -0.274. The molecule has 5 nitrogen and oxygen atoms in total. The minimum atomic E-state index is -4.74. The zero-order valence-corrected chi connectivity index (χ0v) is 17.1. The van der Waals surface area contributed by atoms with E-state index in [1.807, 2.05) is 35.0 Å². The fourth-order valence-corrected chi connectivity index (χ4v) is 3.58. The number of benzene rings is 2. The Bertz CT molecular complexity index is 1190. The molecule has 8 heteroatoms. The van der Waals surface area contributed by atoms with Crippen molar-refractivity contribution in [3.05, 3.63) is 71.7 Å². The summed E-state index contributed by atoms with van der Waals surface area (Å²) in [6.07, 6.45) is -1.39. The standard InChI is InChI=1S/C24H19F3N2O3/c1-31-23(30)19-11-12-22-28-21(15-29(22)14-19)18-9-7-16(8-10-18)5-6-17-3-2-4-20(13-17)32-24(25,26)27/h2-4,7-10,13,15,19H,11-12,14H2,1H3. The number of imidazole rings is 1. The van der Waals surface area contributed by atoms with E-state index in [1.54, 1.807) is 6.07 Å². The molecule has 2 heterocycles. The lowest BCUT2D eigenvalue weighted by atomic mass is 10.00. The molecule has 0 saturated carbocycles. The van der Waals surface area contributed by atoms with Crippen molar-refractivity contribution in [2.24, 2.45) is 5.92 Å². The Morgan fingerprint density at radius 2 is 1.88 bits per heavy atom. The molecule has 2 aromatic carbocycles. The highest BCUT2D eigenvalue weighted by Gasteiger charge is 2.31. The molecule has 0 radical (unpaired) electrons. The number of fused-ring (bicyclic) bond motifs is 1. The Kier molecular flexibility index (Phi) is 5.91. The summed E-state index contributed by atoms with van der Waals surface area (Å²) in [4.78, 5) is 16.5. The Balaban J connectivity index is 1.47. The lowest BCUT2D eigenvalue weighted by Crippen LogP contribution is -2.27. The van der Waals surface area contributed by atoms with Gasteiger partial charge in [-0.2, -0.15) is 0 Å². The largest absolute Gasteiger partial charge is 0.573 e. The zero-order chi connectivity index (χ0) is 22.7. The first-order valence-electron chi connectivity index (χ1n) is 9.93. The summed E-state index contributed by atoms with van der Waals surface area (Å²) in [6, 6.07) is 13.0. The van der Waals surface area contributed by atoms with E-state index >= 15 is 0 Å². The fourth-order valence-electron chi connectivity index (χ4n) is 3.58. The van der Waals surface area contributed by atoms with Gasteiger partial charge in [0.05, 0.1) is 18.7 Å². The van der Waals surface area contributed by atoms with E-state index in [4.69, 9.17) is 4.74 Å². The Hall–Kier alpha value is -3.73. The molecular weight excluding hydrogens is 421 g/mol. The number of carbonyl (C=O) groups is 1. The molecular formula is C24H19F3N2O3. The van der Waals surface area contributed by atoms with Crippen molar-refractivity contribution in [2.45, 2.75) is 25.7 Å². The van der Waals surface area contributed by atoms with Gasteiger partial charge in [0.15, 0.2) is 0 Å². The monoisotopic (exact) mass is 440 g/mol. The number of ether oxygens (including phenoxy) is 2. The summed E-state index contributed by atoms with van der Waals surface area (Å²) in [5.74, 6) is 6.05. The van der Waals surface area contributed by atoms with Crippen LogP contribution in [0.5, 0.6) is 5.75 Å². The van der Waals surface area contributed by atoms with Gasteiger partial charge in [-0.15, -0.1) is 13.2 Å². The second-order valence-electron chi connectivity index (χ2n) is 7.36. The highest BCUT2D eigenvalue weighted by atomic mass is 19.4. The quantitative estimate of drug-likeness (QED) is 0.442. The van der Waals surface area contributed by atoms with Gasteiger partial charge in [-0.1, -0.05) is 30.0 Å². The third kappa shape index (κ3) is 5.11. The van der Waals surface area contributed by atoms with Gasteiger partial charge in [0.1, 0.15) is 11.6 Å². The molecule has 0 amide bonds. The topological polar surface area (TPSA) is 53.4 Å². The number of methoxy groups -OCH3 is 1. The van der Waals surface area contributed by atoms with E-state index in [-0.39, 0.29) is 17.6 Å². The molecule has 0 saturated heterocycles. The summed E-state index contributed by atoms with van der Waals surface area (Å²) < 4.78 is 47.8. The number of carbonyl (C=O) groups excluding carboxylic acids is 1. The normalized spacial score (nSPS) is 15.3. The van der Waals surface area contributed by atoms with E-state index in [2.05, 4.69) is 21.6 Å². The van der Waals surface area contributed by atoms with E-state index in [0.717, 1.165) is 17.1 Å². The second-order valence-corrected chi connectivity index (χ2v) is 7.36. The smallest absolute Gasteiger partial charge is 0.469 e. The lowest BCUT2D eigenvalue weighted by Gasteiger charge is -2.21. The van der Waals surface area contributed by atoms with Crippen molar-refractivity contribution in [1.82, 2.24) is 9.55 Å². The summed E-state index contributed by atoms with van der Waals surface area (Å²) in [7, 11) is 1.40. The van der Waals surface area contributed by atoms with E-state index < -0.39 is 6.36 Å². The molecule has 1 atom stereocenters. The van der Waals surface area contributed by atoms with E-state index in [0.29, 0.717) is 30.5 Å². The van der Waals surface area contributed by atoms with Gasteiger partial charge in [-0.3, -0.25) is 4.79 Å². The number of hydrogen-bond acceptors (Lipinski definition) is 4. The molecule has 164 valence electrons. The van der Waals surface area contributed by atoms with Crippen LogP contribution < -0.4 is 4.74 Å². The van der Waals surface area contributed by atoms with Crippen LogP contribution in [-0.4, -0.2) is 29.0 Å². The first kappa shape index (κ1) is 21.5. The molecule has 1 aromatic heterocycles. The number of esters is 1. The van der Waals surface area contributed by atoms with Crippen LogP contribution >= 0.6 is 0 Å². The van der Waals surface area contributed by atoms with E-state index in [1.165, 1.54) is 25.3 Å². The number of hydrogen-bond donors (Lipinski definition) is 0. The summed E-state index contributed by atoms with van der Waals surface area (Å²) in [5.41, 5.74) is 2.85. The van der Waals surface area contributed by atoms with Crippen molar-refractivity contribution in [3.8, 4) is 28.8 Å². The second kappa shape index (κ2) is 8.79. The van der Waals surface area contributed by atoms with Crippen LogP contribution in [0.15, 0.2) is 54.7 Å². The number of halogens is 3. The SMILES string of the molecule is COC(=O)C1CCc2nc(-c3ccc(C#Cc4cccc(OC(F)(F)F)c4)cc3)cn2C1. The van der Waals surface area contributed by atoms with Crippen LogP contribution in [0.3, 0.4) is 0 Å². The van der Waals surface area contributed by atoms with Gasteiger partial charge in [0, 0.05) is 35.9 Å². The van der Waals surface area contributed by atoms with E-state index in [9.17, 15) is 18.0 Å². The number of aromatic nitrogens is 2. The molecule has 0 N–H and O–H groups in total. The highest BCUT2D eigenvalue weighted by Crippen LogP contribution is 2.26. The molecule has 3 aromatic rings. The van der Waals surface area contributed by atoms with Crippen LogP contribution in [0, 0.1) is 17.8 Å². The maximum absolute atomic E-state index is 12.4. The number of aryl methyl sites for hydroxylation is 1. The molecule has 0 aliphatic carbocycles. The van der Waals surface area contributed by atoms with Crippen LogP contribution in [0.4, 0.5) is 13.2 Å². The minimum absolute atomic E-state index is 0.160. The molecule has 1 aliphatic heterocycles. The zero-order valence-electron chi connectivity index (χ0n) is 17.1. The predicted molar refractivity (Wildman–Crippen MR) is 111 cm³/mol. The van der Waals surface area contributed by atoms with Crippen molar-refractivity contribution >= 4 is 5.97 Å². The Labute approximate surface area is 182 Å². The Morgan fingerprint density at radius 1 is 1.12 bits per heavy atom. The molecule has 0 spiro atoms. The van der Waals surface area contributed by atoms with Crippen molar-refractivity contribution in [2.75, 3.05) is 7.11 Å². The van der Waals surface area contributed by atoms with Crippen molar-refractivity contribution < 1.29 is 27.4 Å².